The van der Waals surface area contributed by atoms with Gasteiger partial charge in [-0.15, -0.1) is 11.8 Å². The summed E-state index contributed by atoms with van der Waals surface area (Å²) in [5.74, 6) is 0. The molecule has 17 heavy (non-hydrogen) atoms. The van der Waals surface area contributed by atoms with Crippen molar-refractivity contribution < 1.29 is 0 Å². The molecule has 3 heteroatoms. The van der Waals surface area contributed by atoms with Crippen LogP contribution < -0.4 is 5.73 Å². The highest BCUT2D eigenvalue weighted by atomic mass is 32.2. The average Bonchev–Trinajstić information content (AvgIpc) is 2.40. The van der Waals surface area contributed by atoms with E-state index in [2.05, 4.69) is 35.4 Å². The molecule has 0 aromatic heterocycles. The van der Waals surface area contributed by atoms with Gasteiger partial charge in [-0.05, 0) is 43.3 Å². The third kappa shape index (κ3) is 3.47. The first-order valence-corrected chi connectivity index (χ1v) is 7.63. The minimum atomic E-state index is 0.587. The molecular formula is C14H22N2S. The number of piperidine rings is 1. The maximum absolute atomic E-state index is 5.85. The van der Waals surface area contributed by atoms with E-state index in [-0.39, 0.29) is 0 Å². The van der Waals surface area contributed by atoms with E-state index in [1.165, 1.54) is 36.3 Å². The number of rotatable bonds is 4. The van der Waals surface area contributed by atoms with Crippen molar-refractivity contribution in [1.82, 2.24) is 4.90 Å². The lowest BCUT2D eigenvalue weighted by molar-refractivity contribution is 0.145. The van der Waals surface area contributed by atoms with Gasteiger partial charge >= 0.3 is 0 Å². The molecule has 1 aliphatic rings. The smallest absolute Gasteiger partial charge is 0.0237 e. The summed E-state index contributed by atoms with van der Waals surface area (Å²) in [5.41, 5.74) is 7.25. The fraction of sp³-hybridized carbons (Fsp3) is 0.571. The Balaban J connectivity index is 1.98. The molecule has 2 nitrogen and oxygen atoms in total. The predicted octanol–water partition coefficient (Wildman–Crippen LogP) is 2.72. The molecule has 1 unspecified atom stereocenters. The zero-order valence-electron chi connectivity index (χ0n) is 10.6. The number of nitrogens with two attached hydrogens (primary N) is 1. The van der Waals surface area contributed by atoms with Crippen LogP contribution in [0, 0.1) is 0 Å². The van der Waals surface area contributed by atoms with Crippen molar-refractivity contribution in [3.05, 3.63) is 29.8 Å². The van der Waals surface area contributed by atoms with Gasteiger partial charge in [-0.1, -0.05) is 18.6 Å². The summed E-state index contributed by atoms with van der Waals surface area (Å²) in [6, 6.07) is 9.49. The minimum Gasteiger partial charge on any atom is -0.329 e. The van der Waals surface area contributed by atoms with E-state index in [4.69, 9.17) is 5.73 Å². The van der Waals surface area contributed by atoms with Gasteiger partial charge in [0.2, 0.25) is 0 Å². The molecule has 0 saturated carbocycles. The summed E-state index contributed by atoms with van der Waals surface area (Å²) >= 11 is 1.80. The molecular weight excluding hydrogens is 228 g/mol. The fourth-order valence-electron chi connectivity index (χ4n) is 2.50. The molecule has 0 radical (unpaired) electrons. The Morgan fingerprint density at radius 3 is 2.71 bits per heavy atom. The van der Waals surface area contributed by atoms with E-state index in [1.54, 1.807) is 11.8 Å². The summed E-state index contributed by atoms with van der Waals surface area (Å²) in [5, 5.41) is 0. The van der Waals surface area contributed by atoms with Crippen molar-refractivity contribution >= 4 is 11.8 Å². The molecule has 1 aromatic carbocycles. The number of likely N-dealkylation sites (tertiary alicyclic amines) is 1. The second kappa shape index (κ2) is 6.43. The zero-order chi connectivity index (χ0) is 12.1. The normalized spacial score (nSPS) is 21.6. The second-order valence-corrected chi connectivity index (χ2v) is 5.58. The Morgan fingerprint density at radius 2 is 2.06 bits per heavy atom. The molecule has 0 bridgehead atoms. The maximum atomic E-state index is 5.85. The van der Waals surface area contributed by atoms with Crippen LogP contribution in [0.25, 0.3) is 0 Å². The Kier molecular flexibility index (Phi) is 4.89. The van der Waals surface area contributed by atoms with Gasteiger partial charge in [-0.3, -0.25) is 4.90 Å². The van der Waals surface area contributed by atoms with Crippen LogP contribution in [0.5, 0.6) is 0 Å². The van der Waals surface area contributed by atoms with Crippen LogP contribution in [0.15, 0.2) is 29.2 Å². The summed E-state index contributed by atoms with van der Waals surface area (Å²) in [6.45, 7) is 3.05. The van der Waals surface area contributed by atoms with Crippen LogP contribution >= 0.6 is 11.8 Å². The Hall–Kier alpha value is -0.510. The largest absolute Gasteiger partial charge is 0.329 e. The van der Waals surface area contributed by atoms with Crippen molar-refractivity contribution in [2.24, 2.45) is 5.73 Å². The Bertz CT molecular complexity index is 337. The maximum Gasteiger partial charge on any atom is 0.0237 e. The van der Waals surface area contributed by atoms with Crippen molar-refractivity contribution in [3.63, 3.8) is 0 Å². The summed E-state index contributed by atoms with van der Waals surface area (Å²) in [7, 11) is 0. The summed E-state index contributed by atoms with van der Waals surface area (Å²) < 4.78 is 0. The first-order valence-electron chi connectivity index (χ1n) is 6.40. The third-order valence-electron chi connectivity index (χ3n) is 3.57. The van der Waals surface area contributed by atoms with Gasteiger partial charge in [-0.25, -0.2) is 0 Å². The third-order valence-corrected chi connectivity index (χ3v) is 4.31. The van der Waals surface area contributed by atoms with Gasteiger partial charge in [0.05, 0.1) is 0 Å². The topological polar surface area (TPSA) is 29.3 Å². The minimum absolute atomic E-state index is 0.587. The molecule has 1 heterocycles. The summed E-state index contributed by atoms with van der Waals surface area (Å²) in [6.07, 6.45) is 6.03. The van der Waals surface area contributed by atoms with E-state index in [0.29, 0.717) is 6.04 Å². The van der Waals surface area contributed by atoms with Crippen molar-refractivity contribution in [2.75, 3.05) is 19.3 Å². The Labute approximate surface area is 109 Å². The van der Waals surface area contributed by atoms with Gasteiger partial charge in [0, 0.05) is 24.0 Å². The highest BCUT2D eigenvalue weighted by molar-refractivity contribution is 7.98. The fourth-order valence-corrected chi connectivity index (χ4v) is 2.91. The highest BCUT2D eigenvalue weighted by Gasteiger charge is 2.20. The molecule has 1 aromatic rings. The lowest BCUT2D eigenvalue weighted by Crippen LogP contribution is -2.43. The number of hydrogen-bond acceptors (Lipinski definition) is 3. The second-order valence-electron chi connectivity index (χ2n) is 4.70. The number of thioether (sulfide) groups is 1. The van der Waals surface area contributed by atoms with E-state index in [0.717, 1.165) is 13.1 Å². The first-order chi connectivity index (χ1) is 8.33. The van der Waals surface area contributed by atoms with Crippen LogP contribution in [0.1, 0.15) is 24.8 Å². The predicted molar refractivity (Wildman–Crippen MR) is 75.3 cm³/mol. The zero-order valence-corrected chi connectivity index (χ0v) is 11.4. The summed E-state index contributed by atoms with van der Waals surface area (Å²) in [4.78, 5) is 3.88. The van der Waals surface area contributed by atoms with Gasteiger partial charge in [0.1, 0.15) is 0 Å². The molecule has 2 rings (SSSR count). The molecule has 1 atom stereocenters. The SMILES string of the molecule is CSc1ccc(CN2CCCCC2CN)cc1. The number of nitrogens with zero attached hydrogens (tertiary/aromatic N) is 1. The van der Waals surface area contributed by atoms with E-state index in [1.807, 2.05) is 0 Å². The van der Waals surface area contributed by atoms with Crippen molar-refractivity contribution in [3.8, 4) is 0 Å². The van der Waals surface area contributed by atoms with Crippen LogP contribution in [-0.4, -0.2) is 30.3 Å². The number of benzene rings is 1. The highest BCUT2D eigenvalue weighted by Crippen LogP contribution is 2.20. The lowest BCUT2D eigenvalue weighted by Gasteiger charge is -2.35. The van der Waals surface area contributed by atoms with E-state index in [9.17, 15) is 0 Å². The molecule has 0 aliphatic carbocycles. The van der Waals surface area contributed by atoms with Crippen molar-refractivity contribution in [1.29, 1.82) is 0 Å². The molecule has 1 aliphatic heterocycles. The van der Waals surface area contributed by atoms with E-state index < -0.39 is 0 Å². The quantitative estimate of drug-likeness (QED) is 0.833. The van der Waals surface area contributed by atoms with Gasteiger partial charge in [0.25, 0.3) is 0 Å². The molecule has 0 amide bonds. The van der Waals surface area contributed by atoms with Gasteiger partial charge in [0.15, 0.2) is 0 Å². The molecule has 0 spiro atoms. The lowest BCUT2D eigenvalue weighted by atomic mass is 10.0. The monoisotopic (exact) mass is 250 g/mol. The van der Waals surface area contributed by atoms with Crippen LogP contribution in [0.4, 0.5) is 0 Å². The molecule has 1 saturated heterocycles. The molecule has 1 fully saturated rings. The van der Waals surface area contributed by atoms with Gasteiger partial charge < -0.3 is 5.73 Å². The Morgan fingerprint density at radius 1 is 1.29 bits per heavy atom. The van der Waals surface area contributed by atoms with E-state index >= 15 is 0 Å². The molecule has 2 N–H and O–H groups in total. The van der Waals surface area contributed by atoms with Crippen LogP contribution in [0.3, 0.4) is 0 Å². The van der Waals surface area contributed by atoms with Crippen molar-refractivity contribution in [2.45, 2.75) is 36.7 Å². The average molecular weight is 250 g/mol. The first kappa shape index (κ1) is 12.9. The van der Waals surface area contributed by atoms with Gasteiger partial charge in [-0.2, -0.15) is 0 Å². The number of hydrogen-bond donors (Lipinski definition) is 1. The standard InChI is InChI=1S/C14H22N2S/c1-17-14-7-5-12(6-8-14)11-16-9-3-2-4-13(16)10-15/h5-8,13H,2-4,9-11,15H2,1H3. The van der Waals surface area contributed by atoms with Crippen LogP contribution in [-0.2, 0) is 6.54 Å². The molecule has 94 valence electrons. The van der Waals surface area contributed by atoms with Crippen LogP contribution in [0.2, 0.25) is 0 Å².